The summed E-state index contributed by atoms with van der Waals surface area (Å²) in [7, 11) is 0. The predicted molar refractivity (Wildman–Crippen MR) is 95.1 cm³/mol. The molecule has 0 aromatic carbocycles. The first-order chi connectivity index (χ1) is 10.9. The van der Waals surface area contributed by atoms with Crippen molar-refractivity contribution < 1.29 is 4.79 Å². The van der Waals surface area contributed by atoms with Crippen LogP contribution in [0.2, 0.25) is 0 Å². The fraction of sp³-hybridized carbons (Fsp3) is 0.955. The zero-order valence-electron chi connectivity index (χ0n) is 15.7. The Hall–Kier alpha value is -0.330. The van der Waals surface area contributed by atoms with Crippen molar-refractivity contribution in [3.63, 3.8) is 0 Å². The Bertz CT molecular complexity index is 494. The summed E-state index contributed by atoms with van der Waals surface area (Å²) in [5.41, 5.74) is 1.09. The molecule has 0 radical (unpaired) electrons. The van der Waals surface area contributed by atoms with E-state index < -0.39 is 0 Å². The molecule has 0 spiro atoms. The third-order valence-electron chi connectivity index (χ3n) is 9.36. The van der Waals surface area contributed by atoms with Crippen LogP contribution in [0.25, 0.3) is 0 Å². The van der Waals surface area contributed by atoms with Crippen LogP contribution in [0.4, 0.5) is 0 Å². The maximum atomic E-state index is 12.0. The van der Waals surface area contributed by atoms with Crippen LogP contribution in [-0.2, 0) is 4.79 Å². The van der Waals surface area contributed by atoms with Crippen molar-refractivity contribution in [2.45, 2.75) is 85.5 Å². The van der Waals surface area contributed by atoms with Gasteiger partial charge in [0.1, 0.15) is 5.78 Å². The highest BCUT2D eigenvalue weighted by molar-refractivity contribution is 5.79. The van der Waals surface area contributed by atoms with Gasteiger partial charge in [0.05, 0.1) is 0 Å². The van der Waals surface area contributed by atoms with Crippen LogP contribution >= 0.6 is 0 Å². The highest BCUT2D eigenvalue weighted by Gasteiger charge is 2.60. The Morgan fingerprint density at radius 2 is 1.65 bits per heavy atom. The van der Waals surface area contributed by atoms with Gasteiger partial charge in [-0.05, 0) is 91.3 Å². The average Bonchev–Trinajstić information content (AvgIpc) is 2.85. The molecule has 4 aliphatic carbocycles. The lowest BCUT2D eigenvalue weighted by atomic mass is 9.44. The largest absolute Gasteiger partial charge is 0.300 e. The van der Waals surface area contributed by atoms with E-state index in [2.05, 4.69) is 27.7 Å². The van der Waals surface area contributed by atoms with Crippen molar-refractivity contribution in [1.82, 2.24) is 0 Å². The molecule has 0 aromatic heterocycles. The molecule has 0 aromatic rings. The smallest absolute Gasteiger partial charge is 0.133 e. The number of rotatable bonds is 1. The van der Waals surface area contributed by atoms with Gasteiger partial charge in [0.25, 0.3) is 0 Å². The van der Waals surface area contributed by atoms with E-state index in [0.29, 0.717) is 22.5 Å². The number of carbonyl (C=O) groups excluding carboxylic acids is 1. The zero-order valence-corrected chi connectivity index (χ0v) is 15.7. The van der Waals surface area contributed by atoms with Crippen LogP contribution in [0.3, 0.4) is 0 Å². The second kappa shape index (κ2) is 5.33. The first-order valence-electron chi connectivity index (χ1n) is 10.4. The summed E-state index contributed by atoms with van der Waals surface area (Å²) in [6, 6.07) is 0. The molecule has 1 heteroatoms. The molecular weight excluding hydrogens is 280 g/mol. The lowest BCUT2D eigenvalue weighted by Gasteiger charge is -2.60. The van der Waals surface area contributed by atoms with Crippen LogP contribution in [-0.4, -0.2) is 5.78 Å². The lowest BCUT2D eigenvalue weighted by molar-refractivity contribution is -0.140. The van der Waals surface area contributed by atoms with Crippen molar-refractivity contribution in [3.8, 4) is 0 Å². The van der Waals surface area contributed by atoms with Crippen LogP contribution in [0.5, 0.6) is 0 Å². The van der Waals surface area contributed by atoms with E-state index in [9.17, 15) is 4.79 Å². The van der Waals surface area contributed by atoms with Gasteiger partial charge in [-0.3, -0.25) is 4.79 Å². The number of hydrogen-bond donors (Lipinski definition) is 0. The molecule has 4 aliphatic rings. The molecule has 0 aliphatic heterocycles. The van der Waals surface area contributed by atoms with E-state index in [0.717, 1.165) is 42.4 Å². The Labute approximate surface area is 143 Å². The maximum Gasteiger partial charge on any atom is 0.133 e. The van der Waals surface area contributed by atoms with Gasteiger partial charge in [0.15, 0.2) is 0 Å². The van der Waals surface area contributed by atoms with Crippen molar-refractivity contribution in [1.29, 1.82) is 0 Å². The van der Waals surface area contributed by atoms with E-state index in [1.165, 1.54) is 44.9 Å². The summed E-state index contributed by atoms with van der Waals surface area (Å²) in [5.74, 6) is 5.91. The first-order valence-corrected chi connectivity index (χ1v) is 10.4. The molecular formula is C22H36O. The van der Waals surface area contributed by atoms with E-state index in [-0.39, 0.29) is 0 Å². The number of carbonyl (C=O) groups is 1. The molecule has 7 atom stereocenters. The van der Waals surface area contributed by atoms with Crippen molar-refractivity contribution in [3.05, 3.63) is 0 Å². The maximum absolute atomic E-state index is 12.0. The van der Waals surface area contributed by atoms with Gasteiger partial charge in [0.2, 0.25) is 0 Å². The van der Waals surface area contributed by atoms with E-state index in [1.807, 2.05) is 0 Å². The van der Waals surface area contributed by atoms with Crippen LogP contribution in [0, 0.1) is 46.3 Å². The standard InChI is InChI=1S/C22H36O/c1-14(2)18-7-8-19-17-6-5-15-13-16(23)9-11-21(15,3)20(17)10-12-22(18,19)4/h14-15,17-20H,5-13H2,1-4H3. The third kappa shape index (κ3) is 2.20. The molecule has 4 fully saturated rings. The summed E-state index contributed by atoms with van der Waals surface area (Å²) in [4.78, 5) is 12.0. The second-order valence-corrected chi connectivity index (χ2v) is 10.4. The number of Topliss-reactive ketones (excluding diaryl/α,β-unsaturated/α-hetero) is 1. The SMILES string of the molecule is CC(C)C1CCC2C3CCC4CC(=O)CCC4(C)C3CCC12C. The average molecular weight is 317 g/mol. The summed E-state index contributed by atoms with van der Waals surface area (Å²) >= 11 is 0. The summed E-state index contributed by atoms with van der Waals surface area (Å²) in [6.45, 7) is 10.1. The highest BCUT2D eigenvalue weighted by Crippen LogP contribution is 2.67. The Morgan fingerprint density at radius 1 is 0.913 bits per heavy atom. The normalized spacial score (nSPS) is 52.9. The fourth-order valence-corrected chi connectivity index (χ4v) is 8.18. The highest BCUT2D eigenvalue weighted by atomic mass is 16.1. The molecule has 1 nitrogen and oxygen atoms in total. The van der Waals surface area contributed by atoms with Crippen LogP contribution in [0.15, 0.2) is 0 Å². The van der Waals surface area contributed by atoms with E-state index in [4.69, 9.17) is 0 Å². The quantitative estimate of drug-likeness (QED) is 0.591. The molecule has 0 heterocycles. The molecule has 7 unspecified atom stereocenters. The summed E-state index contributed by atoms with van der Waals surface area (Å²) in [6.07, 6.45) is 11.6. The van der Waals surface area contributed by atoms with Crippen LogP contribution < -0.4 is 0 Å². The van der Waals surface area contributed by atoms with E-state index in [1.54, 1.807) is 0 Å². The minimum atomic E-state index is 0.480. The molecule has 0 bridgehead atoms. The van der Waals surface area contributed by atoms with Gasteiger partial charge in [0, 0.05) is 12.8 Å². The van der Waals surface area contributed by atoms with Crippen LogP contribution in [0.1, 0.15) is 85.5 Å². The van der Waals surface area contributed by atoms with E-state index >= 15 is 0 Å². The minimum Gasteiger partial charge on any atom is -0.300 e. The number of hydrogen-bond acceptors (Lipinski definition) is 1. The van der Waals surface area contributed by atoms with Gasteiger partial charge in [-0.15, -0.1) is 0 Å². The van der Waals surface area contributed by atoms with Crippen molar-refractivity contribution >= 4 is 5.78 Å². The van der Waals surface area contributed by atoms with Crippen molar-refractivity contribution in [2.24, 2.45) is 46.3 Å². The molecule has 4 saturated carbocycles. The topological polar surface area (TPSA) is 17.1 Å². The second-order valence-electron chi connectivity index (χ2n) is 10.4. The Morgan fingerprint density at radius 3 is 2.39 bits per heavy atom. The predicted octanol–water partition coefficient (Wildman–Crippen LogP) is 5.87. The van der Waals surface area contributed by atoms with Gasteiger partial charge in [-0.1, -0.05) is 27.7 Å². The summed E-state index contributed by atoms with van der Waals surface area (Å²) < 4.78 is 0. The van der Waals surface area contributed by atoms with Gasteiger partial charge >= 0.3 is 0 Å². The zero-order chi connectivity index (χ0) is 16.4. The van der Waals surface area contributed by atoms with Gasteiger partial charge < -0.3 is 0 Å². The number of fused-ring (bicyclic) bond motifs is 5. The monoisotopic (exact) mass is 316 g/mol. The molecule has 0 saturated heterocycles. The third-order valence-corrected chi connectivity index (χ3v) is 9.36. The number of ketones is 1. The Balaban J connectivity index is 1.61. The van der Waals surface area contributed by atoms with Gasteiger partial charge in [-0.2, -0.15) is 0 Å². The Kier molecular flexibility index (Phi) is 3.75. The fourth-order valence-electron chi connectivity index (χ4n) is 8.18. The van der Waals surface area contributed by atoms with Gasteiger partial charge in [-0.25, -0.2) is 0 Å². The lowest BCUT2D eigenvalue weighted by Crippen LogP contribution is -2.53. The molecule has 130 valence electrons. The molecule has 4 rings (SSSR count). The first kappa shape index (κ1) is 16.2. The molecule has 0 amide bonds. The molecule has 0 N–H and O–H groups in total. The van der Waals surface area contributed by atoms with Crippen molar-refractivity contribution in [2.75, 3.05) is 0 Å². The minimum absolute atomic E-state index is 0.480. The molecule has 23 heavy (non-hydrogen) atoms. The summed E-state index contributed by atoms with van der Waals surface area (Å²) in [5, 5.41) is 0.